The van der Waals surface area contributed by atoms with Gasteiger partial charge in [0.25, 0.3) is 0 Å². The van der Waals surface area contributed by atoms with Gasteiger partial charge in [0, 0.05) is 35.0 Å². The van der Waals surface area contributed by atoms with E-state index < -0.39 is 6.09 Å². The van der Waals surface area contributed by atoms with Crippen LogP contribution >= 0.6 is 39.0 Å². The number of fused-ring (bicyclic) bond motifs is 1. The van der Waals surface area contributed by atoms with E-state index in [1.165, 1.54) is 22.2 Å². The fourth-order valence-corrected chi connectivity index (χ4v) is 5.89. The molecule has 0 radical (unpaired) electrons. The molecule has 0 aliphatic carbocycles. The maximum absolute atomic E-state index is 11.5. The number of rotatable bonds is 7. The van der Waals surface area contributed by atoms with E-state index in [1.54, 1.807) is 23.9 Å². The maximum Gasteiger partial charge on any atom is 0.407 e. The molecule has 0 saturated heterocycles. The van der Waals surface area contributed by atoms with Gasteiger partial charge in [0.05, 0.1) is 22.4 Å². The molecule has 178 valence electrons. The lowest BCUT2D eigenvalue weighted by atomic mass is 10.1. The number of thiazole rings is 1. The van der Waals surface area contributed by atoms with Gasteiger partial charge < -0.3 is 15.3 Å². The number of aryl methyl sites for hydroxylation is 2. The van der Waals surface area contributed by atoms with Crippen LogP contribution in [0.15, 0.2) is 68.7 Å². The molecule has 1 aliphatic rings. The average Bonchev–Trinajstić information content (AvgIpc) is 3.32. The first kappa shape index (κ1) is 23.7. The van der Waals surface area contributed by atoms with Gasteiger partial charge in [-0.15, -0.1) is 11.3 Å². The summed E-state index contributed by atoms with van der Waals surface area (Å²) in [6.07, 6.45) is 4.76. The second-order valence-corrected chi connectivity index (χ2v) is 10.7. The lowest BCUT2D eigenvalue weighted by Crippen LogP contribution is -2.35. The Labute approximate surface area is 219 Å². The van der Waals surface area contributed by atoms with Crippen LogP contribution in [0.3, 0.4) is 0 Å². The van der Waals surface area contributed by atoms with Crippen LogP contribution < -0.4 is 5.32 Å². The van der Waals surface area contributed by atoms with Crippen LogP contribution in [0.5, 0.6) is 0 Å². The molecule has 4 heterocycles. The van der Waals surface area contributed by atoms with Gasteiger partial charge in [0.2, 0.25) is 0 Å². The molecule has 0 saturated carbocycles. The monoisotopic (exact) mass is 568 g/mol. The molecule has 5 rings (SSSR count). The fourth-order valence-electron chi connectivity index (χ4n) is 3.74. The number of hydrogen-bond donors (Lipinski definition) is 2. The first-order valence-electron chi connectivity index (χ1n) is 10.9. The van der Waals surface area contributed by atoms with E-state index in [-0.39, 0.29) is 6.54 Å². The molecule has 0 fully saturated rings. The number of hydrogen-bond acceptors (Lipinski definition) is 8. The number of nitrogens with one attached hydrogen (secondary N) is 1. The highest BCUT2D eigenvalue weighted by atomic mass is 79.9. The quantitative estimate of drug-likeness (QED) is 0.269. The van der Waals surface area contributed by atoms with E-state index in [4.69, 9.17) is 4.98 Å². The second-order valence-electron chi connectivity index (χ2n) is 7.91. The Morgan fingerprint density at radius 1 is 1.20 bits per heavy atom. The summed E-state index contributed by atoms with van der Waals surface area (Å²) < 4.78 is 0.828. The summed E-state index contributed by atoms with van der Waals surface area (Å²) in [5.74, 6) is 0.676. The predicted molar refractivity (Wildman–Crippen MR) is 139 cm³/mol. The van der Waals surface area contributed by atoms with Crippen molar-refractivity contribution in [3.8, 4) is 0 Å². The van der Waals surface area contributed by atoms with Gasteiger partial charge in [-0.25, -0.2) is 24.7 Å². The predicted octanol–water partition coefficient (Wildman–Crippen LogP) is 5.81. The minimum absolute atomic E-state index is 0.284. The van der Waals surface area contributed by atoms with Crippen molar-refractivity contribution in [1.29, 1.82) is 0 Å². The summed E-state index contributed by atoms with van der Waals surface area (Å²) in [5.41, 5.74) is 4.09. The van der Waals surface area contributed by atoms with Crippen LogP contribution in [0.2, 0.25) is 0 Å². The summed E-state index contributed by atoms with van der Waals surface area (Å²) in [4.78, 5) is 31.8. The first-order valence-corrected chi connectivity index (χ1v) is 13.4. The van der Waals surface area contributed by atoms with E-state index in [9.17, 15) is 9.90 Å². The third-order valence-electron chi connectivity index (χ3n) is 5.56. The number of amides is 1. The summed E-state index contributed by atoms with van der Waals surface area (Å²) in [5, 5.41) is 16.3. The maximum atomic E-state index is 11.5. The van der Waals surface area contributed by atoms with Crippen LogP contribution in [0, 0.1) is 0 Å². The number of carbonyl (C=O) groups is 1. The number of halogens is 1. The Morgan fingerprint density at radius 3 is 2.89 bits per heavy atom. The molecule has 8 nitrogen and oxygen atoms in total. The smallest absolute Gasteiger partial charge is 0.407 e. The van der Waals surface area contributed by atoms with Gasteiger partial charge >= 0.3 is 6.09 Å². The number of carboxylic acid groups (broad SMARTS) is 1. The van der Waals surface area contributed by atoms with Crippen molar-refractivity contribution in [3.05, 3.63) is 81.3 Å². The summed E-state index contributed by atoms with van der Waals surface area (Å²) in [6, 6.07) is 12.3. The topological polar surface area (TPSA) is 104 Å². The normalized spacial score (nSPS) is 12.9. The Bertz CT molecular complexity index is 1350. The highest BCUT2D eigenvalue weighted by molar-refractivity contribution is 9.10. The molecular formula is C24H21BrN6O2S2. The average molecular weight is 570 g/mol. The van der Waals surface area contributed by atoms with Crippen LogP contribution in [-0.2, 0) is 25.8 Å². The number of benzene rings is 1. The molecule has 35 heavy (non-hydrogen) atoms. The van der Waals surface area contributed by atoms with Gasteiger partial charge in [-0.2, -0.15) is 0 Å². The van der Waals surface area contributed by atoms with E-state index >= 15 is 0 Å². The second kappa shape index (κ2) is 10.7. The molecule has 1 amide bonds. The highest BCUT2D eigenvalue weighted by Crippen LogP contribution is 2.37. The fraction of sp³-hybridized carbons (Fsp3) is 0.208. The summed E-state index contributed by atoms with van der Waals surface area (Å²) in [6.45, 7) is 0.726. The molecule has 0 unspecified atom stereocenters. The molecule has 0 bridgehead atoms. The van der Waals surface area contributed by atoms with Gasteiger partial charge in [-0.05, 0) is 40.4 Å². The molecule has 4 aromatic rings. The van der Waals surface area contributed by atoms with Crippen molar-refractivity contribution in [3.63, 3.8) is 0 Å². The zero-order valence-electron chi connectivity index (χ0n) is 18.5. The van der Waals surface area contributed by atoms with Crippen LogP contribution in [0.4, 0.5) is 15.7 Å². The van der Waals surface area contributed by atoms with E-state index in [1.807, 2.05) is 12.1 Å². The van der Waals surface area contributed by atoms with Crippen molar-refractivity contribution in [2.24, 2.45) is 0 Å². The Morgan fingerprint density at radius 2 is 2.06 bits per heavy atom. The lowest BCUT2D eigenvalue weighted by Gasteiger charge is -2.26. The van der Waals surface area contributed by atoms with Crippen molar-refractivity contribution >= 4 is 56.1 Å². The minimum atomic E-state index is -0.932. The minimum Gasteiger partial charge on any atom is -0.465 e. The van der Waals surface area contributed by atoms with Gasteiger partial charge in [-0.1, -0.05) is 42.1 Å². The number of pyridine rings is 1. The lowest BCUT2D eigenvalue weighted by molar-refractivity contribution is 0.139. The number of anilines is 2. The Hall–Kier alpha value is -3.02. The molecule has 1 aliphatic heterocycles. The van der Waals surface area contributed by atoms with Gasteiger partial charge in [0.1, 0.15) is 17.2 Å². The van der Waals surface area contributed by atoms with E-state index in [0.717, 1.165) is 49.3 Å². The van der Waals surface area contributed by atoms with Crippen LogP contribution in [-0.4, -0.2) is 42.6 Å². The molecule has 1 aromatic carbocycles. The highest BCUT2D eigenvalue weighted by Gasteiger charge is 2.24. The SMILES string of the molecule is O=C(O)N1CCc2ncnc(Sc3cc(Nc4nc(CCc5ccccc5)cs4)ncc3Br)c2C1. The Balaban J connectivity index is 1.29. The zero-order valence-corrected chi connectivity index (χ0v) is 21.7. The number of aromatic nitrogens is 4. The molecule has 11 heteroatoms. The number of nitrogens with zero attached hydrogens (tertiary/aromatic N) is 5. The Kier molecular flexibility index (Phi) is 7.26. The van der Waals surface area contributed by atoms with E-state index in [2.05, 4.69) is 65.8 Å². The molecule has 0 spiro atoms. The first-order chi connectivity index (χ1) is 17.0. The van der Waals surface area contributed by atoms with Crippen molar-refractivity contribution < 1.29 is 9.90 Å². The summed E-state index contributed by atoms with van der Waals surface area (Å²) >= 11 is 6.60. The third-order valence-corrected chi connectivity index (χ3v) is 8.36. The largest absolute Gasteiger partial charge is 0.465 e. The van der Waals surface area contributed by atoms with E-state index in [0.29, 0.717) is 18.8 Å². The van der Waals surface area contributed by atoms with Crippen molar-refractivity contribution in [2.75, 3.05) is 11.9 Å². The molecule has 3 aromatic heterocycles. The van der Waals surface area contributed by atoms with Crippen LogP contribution in [0.1, 0.15) is 22.5 Å². The van der Waals surface area contributed by atoms with Crippen molar-refractivity contribution in [2.45, 2.75) is 35.7 Å². The van der Waals surface area contributed by atoms with Crippen LogP contribution in [0.25, 0.3) is 0 Å². The van der Waals surface area contributed by atoms with Gasteiger partial charge in [-0.3, -0.25) is 0 Å². The summed E-state index contributed by atoms with van der Waals surface area (Å²) in [7, 11) is 0. The van der Waals surface area contributed by atoms with Gasteiger partial charge in [0.15, 0.2) is 5.13 Å². The molecular weight excluding hydrogens is 548 g/mol. The van der Waals surface area contributed by atoms with Crippen molar-refractivity contribution in [1.82, 2.24) is 24.8 Å². The standard InChI is InChI=1S/C24H21BrN6O2S2/c25-18-11-26-21(30-23-29-16(13-34-23)7-6-15-4-2-1-3-5-15)10-20(18)35-22-17-12-31(24(32)33)9-8-19(17)27-14-28-22/h1-5,10-11,13-14H,6-9,12H2,(H,32,33)(H,26,29,30). The zero-order chi connectivity index (χ0) is 24.2. The molecule has 0 atom stereocenters. The third kappa shape index (κ3) is 5.80. The molecule has 2 N–H and O–H groups in total.